The van der Waals surface area contributed by atoms with Gasteiger partial charge < -0.3 is 74.4 Å². The average Bonchev–Trinajstić information content (AvgIpc) is 2.94. The normalized spacial score (nSPS) is 31.1. The fraction of sp³-hybridized carbons (Fsp3) is 0.385. The summed E-state index contributed by atoms with van der Waals surface area (Å²) in [5, 5.41) is 101. The molecular weight excluding hydrogens is 584 g/mol. The zero-order valence-electron chi connectivity index (χ0n) is 21.6. The number of aliphatic hydroxyl groups is 5. The molecule has 232 valence electrons. The number of carboxylic acid groups (broad SMARTS) is 1. The van der Waals surface area contributed by atoms with Crippen molar-refractivity contribution in [2.45, 2.75) is 55.3 Å². The molecule has 2 aliphatic rings. The zero-order chi connectivity index (χ0) is 31.3. The maximum Gasteiger partial charge on any atom is 0.335 e. The number of fused-ring (bicyclic) bond motifs is 1. The van der Waals surface area contributed by atoms with Crippen LogP contribution in [0, 0.1) is 0 Å². The molecule has 0 saturated carbocycles. The van der Waals surface area contributed by atoms with Crippen molar-refractivity contribution in [2.24, 2.45) is 0 Å². The summed E-state index contributed by atoms with van der Waals surface area (Å²) in [7, 11) is 0. The quantitative estimate of drug-likeness (QED) is 0.135. The van der Waals surface area contributed by atoms with Gasteiger partial charge in [-0.1, -0.05) is 0 Å². The molecule has 2 aromatic carbocycles. The molecule has 3 heterocycles. The van der Waals surface area contributed by atoms with E-state index in [-0.39, 0.29) is 11.1 Å². The molecule has 0 unspecified atom stereocenters. The first-order valence-electron chi connectivity index (χ1n) is 12.6. The summed E-state index contributed by atoms with van der Waals surface area (Å²) in [5.74, 6) is -5.53. The number of benzene rings is 2. The van der Waals surface area contributed by atoms with Gasteiger partial charge in [0.2, 0.25) is 17.5 Å². The standard InChI is InChI=1S/C26H26O17/c27-8-4-11(30)14-13(5-8)40-20(7-1-2-9(28)10(29)3-7)21(16(14)33)41-26-23(18(35)17(34)22(42-26)24(37)38)43-25-19(36)15(32)12(31)6-39-25/h1-5,12,15,17-19,22-23,25-32,34-36H,6H2,(H,37,38)/t12-,15+,17-,18+,19-,22+,23-,25+,26-/m1/s1. The number of phenolic OH excluding ortho intramolecular Hbond substituents is 4. The second-order valence-electron chi connectivity index (χ2n) is 9.84. The molecule has 10 N–H and O–H groups in total. The van der Waals surface area contributed by atoms with Gasteiger partial charge in [-0.15, -0.1) is 0 Å². The lowest BCUT2D eigenvalue weighted by Crippen LogP contribution is -2.64. The summed E-state index contributed by atoms with van der Waals surface area (Å²) in [6.07, 6.45) is -17.5. The summed E-state index contributed by atoms with van der Waals surface area (Å²) in [4.78, 5) is 25.5. The molecule has 0 aliphatic carbocycles. The number of aliphatic carboxylic acids is 1. The monoisotopic (exact) mass is 610 g/mol. The van der Waals surface area contributed by atoms with E-state index in [2.05, 4.69) is 0 Å². The predicted octanol–water partition coefficient (Wildman–Crippen LogP) is -1.98. The molecule has 0 radical (unpaired) electrons. The fourth-order valence-corrected chi connectivity index (χ4v) is 4.68. The van der Waals surface area contributed by atoms with Crippen LogP contribution in [0.15, 0.2) is 39.5 Å². The van der Waals surface area contributed by atoms with E-state index in [0.717, 1.165) is 24.3 Å². The molecule has 17 nitrogen and oxygen atoms in total. The third-order valence-electron chi connectivity index (χ3n) is 6.92. The molecule has 43 heavy (non-hydrogen) atoms. The highest BCUT2D eigenvalue weighted by Gasteiger charge is 2.52. The van der Waals surface area contributed by atoms with Crippen molar-refractivity contribution in [3.8, 4) is 40.1 Å². The van der Waals surface area contributed by atoms with E-state index in [0.29, 0.717) is 0 Å². The maximum atomic E-state index is 13.7. The van der Waals surface area contributed by atoms with Gasteiger partial charge in [-0.05, 0) is 18.2 Å². The van der Waals surface area contributed by atoms with E-state index in [4.69, 9.17) is 23.4 Å². The molecule has 0 bridgehead atoms. The third kappa shape index (κ3) is 5.51. The Hall–Kier alpha value is -4.20. The molecule has 1 aromatic heterocycles. The minimum absolute atomic E-state index is 0.112. The lowest BCUT2D eigenvalue weighted by atomic mass is 9.98. The van der Waals surface area contributed by atoms with E-state index in [1.54, 1.807) is 0 Å². The highest BCUT2D eigenvalue weighted by atomic mass is 16.8. The summed E-state index contributed by atoms with van der Waals surface area (Å²) in [6, 6.07) is 4.98. The van der Waals surface area contributed by atoms with Gasteiger partial charge in [-0.25, -0.2) is 4.79 Å². The third-order valence-corrected chi connectivity index (χ3v) is 6.92. The second-order valence-corrected chi connectivity index (χ2v) is 9.84. The molecule has 9 atom stereocenters. The van der Waals surface area contributed by atoms with Gasteiger partial charge >= 0.3 is 5.97 Å². The van der Waals surface area contributed by atoms with Crippen molar-refractivity contribution in [3.63, 3.8) is 0 Å². The van der Waals surface area contributed by atoms with Crippen LogP contribution in [-0.2, 0) is 19.0 Å². The Morgan fingerprint density at radius 3 is 2.23 bits per heavy atom. The summed E-state index contributed by atoms with van der Waals surface area (Å²) in [5.41, 5.74) is -1.59. The van der Waals surface area contributed by atoms with Gasteiger partial charge in [-0.2, -0.15) is 0 Å². The number of phenols is 4. The molecular formula is C26H26O17. The van der Waals surface area contributed by atoms with Crippen LogP contribution in [0.2, 0.25) is 0 Å². The number of carbonyl (C=O) groups is 1. The number of aliphatic hydroxyl groups excluding tert-OH is 5. The van der Waals surface area contributed by atoms with Crippen LogP contribution in [0.1, 0.15) is 0 Å². The Kier molecular flexibility index (Phi) is 8.07. The second kappa shape index (κ2) is 11.5. The predicted molar refractivity (Wildman–Crippen MR) is 136 cm³/mol. The van der Waals surface area contributed by atoms with Crippen molar-refractivity contribution in [1.29, 1.82) is 0 Å². The molecule has 2 aliphatic heterocycles. The van der Waals surface area contributed by atoms with Crippen LogP contribution in [0.5, 0.6) is 28.7 Å². The van der Waals surface area contributed by atoms with Crippen molar-refractivity contribution in [2.75, 3.05) is 6.61 Å². The molecule has 3 aromatic rings. The minimum atomic E-state index is -2.15. The van der Waals surface area contributed by atoms with E-state index < -0.39 is 113 Å². The minimum Gasteiger partial charge on any atom is -0.508 e. The van der Waals surface area contributed by atoms with Gasteiger partial charge in [0.1, 0.15) is 53.0 Å². The maximum absolute atomic E-state index is 13.7. The number of aromatic hydroxyl groups is 4. The Labute approximate surface area is 239 Å². The van der Waals surface area contributed by atoms with Crippen LogP contribution in [-0.4, -0.2) is 119 Å². The van der Waals surface area contributed by atoms with Crippen LogP contribution in [0.4, 0.5) is 0 Å². The molecule has 5 rings (SSSR count). The topological polar surface area (TPSA) is 286 Å². The number of hydrogen-bond donors (Lipinski definition) is 10. The van der Waals surface area contributed by atoms with Crippen molar-refractivity contribution in [1.82, 2.24) is 0 Å². The Balaban J connectivity index is 1.63. The molecule has 0 spiro atoms. The lowest BCUT2D eigenvalue weighted by molar-refractivity contribution is -0.341. The zero-order valence-corrected chi connectivity index (χ0v) is 21.6. The fourth-order valence-electron chi connectivity index (χ4n) is 4.68. The highest BCUT2D eigenvalue weighted by Crippen LogP contribution is 2.40. The molecule has 2 saturated heterocycles. The Morgan fingerprint density at radius 2 is 1.56 bits per heavy atom. The lowest BCUT2D eigenvalue weighted by Gasteiger charge is -2.43. The van der Waals surface area contributed by atoms with E-state index >= 15 is 0 Å². The van der Waals surface area contributed by atoms with E-state index in [1.165, 1.54) is 6.07 Å². The van der Waals surface area contributed by atoms with Gasteiger partial charge in [-0.3, -0.25) is 4.79 Å². The first-order chi connectivity index (χ1) is 20.3. The van der Waals surface area contributed by atoms with Crippen molar-refractivity contribution >= 4 is 16.9 Å². The average molecular weight is 610 g/mol. The van der Waals surface area contributed by atoms with Crippen LogP contribution >= 0.6 is 0 Å². The number of carboxylic acids is 1. The van der Waals surface area contributed by atoms with Crippen molar-refractivity contribution in [3.05, 3.63) is 40.6 Å². The van der Waals surface area contributed by atoms with E-state index in [1.807, 2.05) is 0 Å². The van der Waals surface area contributed by atoms with Gasteiger partial charge in [0.05, 0.1) is 6.61 Å². The molecule has 17 heteroatoms. The van der Waals surface area contributed by atoms with Gasteiger partial charge in [0.25, 0.3) is 0 Å². The SMILES string of the molecule is O=C(O)[C@H]1O[C@@H](Oc2c(-c3ccc(O)c(O)c3)oc3cc(O)cc(O)c3c2=O)[C@H](O[C@@H]2OC[C@@H](O)[C@H](O)[C@H]2O)[C@@H](O)[C@H]1O. The van der Waals surface area contributed by atoms with E-state index in [9.17, 15) is 60.7 Å². The van der Waals surface area contributed by atoms with Gasteiger partial charge in [0, 0.05) is 17.7 Å². The largest absolute Gasteiger partial charge is 0.508 e. The summed E-state index contributed by atoms with van der Waals surface area (Å²) >= 11 is 0. The first kappa shape index (κ1) is 30.3. The smallest absolute Gasteiger partial charge is 0.335 e. The number of ether oxygens (including phenoxy) is 4. The van der Waals surface area contributed by atoms with Crippen LogP contribution in [0.25, 0.3) is 22.3 Å². The van der Waals surface area contributed by atoms with Crippen molar-refractivity contribution < 1.29 is 79.2 Å². The summed E-state index contributed by atoms with van der Waals surface area (Å²) < 4.78 is 27.5. The molecule has 0 amide bonds. The summed E-state index contributed by atoms with van der Waals surface area (Å²) in [6.45, 7) is -0.534. The molecule has 2 fully saturated rings. The first-order valence-corrected chi connectivity index (χ1v) is 12.6. The Morgan fingerprint density at radius 1 is 0.837 bits per heavy atom. The number of rotatable bonds is 6. The van der Waals surface area contributed by atoms with Crippen LogP contribution in [0.3, 0.4) is 0 Å². The van der Waals surface area contributed by atoms with Gasteiger partial charge in [0.15, 0.2) is 35.8 Å². The highest BCUT2D eigenvalue weighted by molar-refractivity contribution is 5.88. The van der Waals surface area contributed by atoms with Crippen LogP contribution < -0.4 is 10.2 Å². The number of hydrogen-bond acceptors (Lipinski definition) is 16. The Bertz CT molecular complexity index is 1590.